The standard InChI is InChI=1S/C21H16O4/c1-12(22)15-4-2-3-5-16(15)21-17-8-6-13(23)10-19(17)25-20-11-14(24)7-9-18(20)21/h2-11,21,23-24H,1H3. The Hall–Kier alpha value is -3.27. The van der Waals surface area contributed by atoms with Crippen molar-refractivity contribution in [3.05, 3.63) is 82.9 Å². The van der Waals surface area contributed by atoms with Gasteiger partial charge in [0, 0.05) is 34.7 Å². The number of hydrogen-bond donors (Lipinski definition) is 2. The molecule has 4 rings (SSSR count). The average molecular weight is 332 g/mol. The van der Waals surface area contributed by atoms with E-state index < -0.39 is 0 Å². The van der Waals surface area contributed by atoms with Crippen LogP contribution in [-0.2, 0) is 0 Å². The van der Waals surface area contributed by atoms with Gasteiger partial charge in [0.05, 0.1) is 0 Å². The molecular weight excluding hydrogens is 316 g/mol. The molecule has 1 heterocycles. The minimum atomic E-state index is -0.222. The molecular formula is C21H16O4. The van der Waals surface area contributed by atoms with Gasteiger partial charge in [-0.2, -0.15) is 0 Å². The van der Waals surface area contributed by atoms with Crippen molar-refractivity contribution in [2.75, 3.05) is 0 Å². The second-order valence-corrected chi connectivity index (χ2v) is 6.12. The molecule has 0 bridgehead atoms. The molecule has 0 aliphatic carbocycles. The van der Waals surface area contributed by atoms with Gasteiger partial charge in [-0.05, 0) is 24.6 Å². The number of benzene rings is 3. The first-order valence-electron chi connectivity index (χ1n) is 7.98. The fraction of sp³-hybridized carbons (Fsp3) is 0.0952. The zero-order valence-corrected chi connectivity index (χ0v) is 13.6. The summed E-state index contributed by atoms with van der Waals surface area (Å²) in [6.45, 7) is 1.55. The Morgan fingerprint density at radius 1 is 0.840 bits per heavy atom. The molecule has 2 N–H and O–H groups in total. The molecule has 0 spiro atoms. The molecule has 0 atom stereocenters. The molecule has 0 saturated carbocycles. The first kappa shape index (κ1) is 15.3. The van der Waals surface area contributed by atoms with Gasteiger partial charge in [0.2, 0.25) is 0 Å². The molecule has 0 radical (unpaired) electrons. The molecule has 4 heteroatoms. The Morgan fingerprint density at radius 2 is 1.40 bits per heavy atom. The van der Waals surface area contributed by atoms with E-state index in [0.717, 1.165) is 16.7 Å². The van der Waals surface area contributed by atoms with Crippen molar-refractivity contribution in [2.24, 2.45) is 0 Å². The number of rotatable bonds is 2. The Kier molecular flexibility index (Phi) is 3.46. The van der Waals surface area contributed by atoms with E-state index in [1.165, 1.54) is 0 Å². The minimum Gasteiger partial charge on any atom is -0.508 e. The smallest absolute Gasteiger partial charge is 0.160 e. The summed E-state index contributed by atoms with van der Waals surface area (Å²) in [6, 6.07) is 17.4. The Morgan fingerprint density at radius 3 is 1.96 bits per heavy atom. The van der Waals surface area contributed by atoms with Gasteiger partial charge in [0.1, 0.15) is 23.0 Å². The maximum Gasteiger partial charge on any atom is 0.160 e. The third-order valence-electron chi connectivity index (χ3n) is 4.49. The lowest BCUT2D eigenvalue weighted by Crippen LogP contribution is -2.14. The summed E-state index contributed by atoms with van der Waals surface area (Å²) in [5, 5.41) is 19.6. The van der Waals surface area contributed by atoms with Crippen LogP contribution in [0.15, 0.2) is 60.7 Å². The number of phenolic OH excluding ortho intramolecular Hbond substituents is 2. The molecule has 3 aromatic rings. The average Bonchev–Trinajstić information content (AvgIpc) is 2.59. The summed E-state index contributed by atoms with van der Waals surface area (Å²) in [6.07, 6.45) is 0. The SMILES string of the molecule is CC(=O)c1ccccc1C1c2ccc(O)cc2Oc2cc(O)ccc21. The van der Waals surface area contributed by atoms with Crippen molar-refractivity contribution in [2.45, 2.75) is 12.8 Å². The number of ketones is 1. The van der Waals surface area contributed by atoms with Crippen LogP contribution in [0.1, 0.15) is 39.9 Å². The Labute approximate surface area is 144 Å². The lowest BCUT2D eigenvalue weighted by molar-refractivity contribution is 0.101. The predicted molar refractivity (Wildman–Crippen MR) is 93.7 cm³/mol. The zero-order valence-electron chi connectivity index (χ0n) is 13.6. The van der Waals surface area contributed by atoms with E-state index in [1.807, 2.05) is 36.4 Å². The highest BCUT2D eigenvalue weighted by Crippen LogP contribution is 2.49. The van der Waals surface area contributed by atoms with Gasteiger partial charge >= 0.3 is 0 Å². The van der Waals surface area contributed by atoms with Crippen molar-refractivity contribution in [3.63, 3.8) is 0 Å². The van der Waals surface area contributed by atoms with Crippen molar-refractivity contribution in [1.29, 1.82) is 0 Å². The van der Waals surface area contributed by atoms with E-state index in [0.29, 0.717) is 17.1 Å². The Bertz CT molecular complexity index is 939. The second kappa shape index (κ2) is 5.67. The lowest BCUT2D eigenvalue weighted by atomic mass is 9.80. The van der Waals surface area contributed by atoms with Crippen LogP contribution in [0.4, 0.5) is 0 Å². The molecule has 124 valence electrons. The number of ether oxygens (including phenoxy) is 1. The summed E-state index contributed by atoms with van der Waals surface area (Å²) < 4.78 is 5.89. The van der Waals surface area contributed by atoms with Gasteiger partial charge in [0.15, 0.2) is 5.78 Å². The van der Waals surface area contributed by atoms with Gasteiger partial charge in [-0.3, -0.25) is 4.79 Å². The van der Waals surface area contributed by atoms with Crippen molar-refractivity contribution < 1.29 is 19.7 Å². The number of carbonyl (C=O) groups is 1. The highest BCUT2D eigenvalue weighted by molar-refractivity contribution is 5.96. The predicted octanol–water partition coefficient (Wildman–Crippen LogP) is 4.59. The third kappa shape index (κ3) is 2.52. The molecule has 1 aliphatic rings. The summed E-state index contributed by atoms with van der Waals surface area (Å²) >= 11 is 0. The number of carbonyl (C=O) groups excluding carboxylic acids is 1. The number of fused-ring (bicyclic) bond motifs is 2. The van der Waals surface area contributed by atoms with Crippen LogP contribution in [0.2, 0.25) is 0 Å². The number of Topliss-reactive ketones (excluding diaryl/α,β-unsaturated/α-hetero) is 1. The van der Waals surface area contributed by atoms with Crippen LogP contribution >= 0.6 is 0 Å². The number of phenols is 2. The van der Waals surface area contributed by atoms with Crippen LogP contribution in [-0.4, -0.2) is 16.0 Å². The molecule has 0 fully saturated rings. The molecule has 0 unspecified atom stereocenters. The van der Waals surface area contributed by atoms with E-state index in [2.05, 4.69) is 0 Å². The quantitative estimate of drug-likeness (QED) is 0.527. The first-order chi connectivity index (χ1) is 12.0. The lowest BCUT2D eigenvalue weighted by Gasteiger charge is -2.29. The van der Waals surface area contributed by atoms with Gasteiger partial charge in [-0.1, -0.05) is 36.4 Å². The maximum absolute atomic E-state index is 12.1. The van der Waals surface area contributed by atoms with E-state index >= 15 is 0 Å². The molecule has 25 heavy (non-hydrogen) atoms. The maximum atomic E-state index is 12.1. The Balaban J connectivity index is 2.01. The van der Waals surface area contributed by atoms with Crippen LogP contribution < -0.4 is 4.74 Å². The van der Waals surface area contributed by atoms with Gasteiger partial charge in [0.25, 0.3) is 0 Å². The van der Waals surface area contributed by atoms with Crippen LogP contribution in [0, 0.1) is 0 Å². The van der Waals surface area contributed by atoms with E-state index in [-0.39, 0.29) is 23.2 Å². The largest absolute Gasteiger partial charge is 0.508 e. The van der Waals surface area contributed by atoms with E-state index in [1.54, 1.807) is 31.2 Å². The summed E-state index contributed by atoms with van der Waals surface area (Å²) in [7, 11) is 0. The molecule has 1 aliphatic heterocycles. The number of hydrogen-bond acceptors (Lipinski definition) is 4. The highest BCUT2D eigenvalue weighted by Gasteiger charge is 2.31. The van der Waals surface area contributed by atoms with Crippen LogP contribution in [0.5, 0.6) is 23.0 Å². The molecule has 3 aromatic carbocycles. The zero-order chi connectivity index (χ0) is 17.6. The number of aromatic hydroxyl groups is 2. The van der Waals surface area contributed by atoms with Gasteiger partial charge in [-0.25, -0.2) is 0 Å². The van der Waals surface area contributed by atoms with Crippen molar-refractivity contribution in [3.8, 4) is 23.0 Å². The molecule has 0 amide bonds. The summed E-state index contributed by atoms with van der Waals surface area (Å²) in [4.78, 5) is 12.1. The summed E-state index contributed by atoms with van der Waals surface area (Å²) in [5.74, 6) is 0.993. The monoisotopic (exact) mass is 332 g/mol. The van der Waals surface area contributed by atoms with Gasteiger partial charge in [-0.15, -0.1) is 0 Å². The summed E-state index contributed by atoms with van der Waals surface area (Å²) in [5.41, 5.74) is 3.25. The fourth-order valence-electron chi connectivity index (χ4n) is 3.39. The van der Waals surface area contributed by atoms with Crippen molar-refractivity contribution in [1.82, 2.24) is 0 Å². The van der Waals surface area contributed by atoms with E-state index in [9.17, 15) is 15.0 Å². The third-order valence-corrected chi connectivity index (χ3v) is 4.49. The minimum absolute atomic E-state index is 0.0113. The molecule has 0 aromatic heterocycles. The van der Waals surface area contributed by atoms with Gasteiger partial charge < -0.3 is 14.9 Å². The van der Waals surface area contributed by atoms with Crippen LogP contribution in [0.25, 0.3) is 0 Å². The second-order valence-electron chi connectivity index (χ2n) is 6.12. The van der Waals surface area contributed by atoms with Crippen LogP contribution in [0.3, 0.4) is 0 Å². The molecule has 0 saturated heterocycles. The fourth-order valence-corrected chi connectivity index (χ4v) is 3.39. The topological polar surface area (TPSA) is 66.8 Å². The van der Waals surface area contributed by atoms with Crippen molar-refractivity contribution >= 4 is 5.78 Å². The molecule has 4 nitrogen and oxygen atoms in total. The highest BCUT2D eigenvalue weighted by atomic mass is 16.5. The van der Waals surface area contributed by atoms with E-state index in [4.69, 9.17) is 4.74 Å². The first-order valence-corrected chi connectivity index (χ1v) is 7.98. The normalized spacial score (nSPS) is 12.8.